The van der Waals surface area contributed by atoms with Crippen LogP contribution in [0.25, 0.3) is 0 Å². The molecule has 5 nitrogen and oxygen atoms in total. The fourth-order valence-electron chi connectivity index (χ4n) is 1.83. The Morgan fingerprint density at radius 3 is 2.26 bits per heavy atom. The maximum absolute atomic E-state index is 13.0. The zero-order valence-electron chi connectivity index (χ0n) is 12.2. The van der Waals surface area contributed by atoms with Crippen molar-refractivity contribution in [2.45, 2.75) is 16.7 Å². The molecule has 0 fully saturated rings. The molecule has 2 aromatic rings. The SMILES string of the molecule is Cc1ccc(S(C)(=O)=O)cc1NS(=O)(=O)c1ccc(F)cc1Cl. The second-order valence-corrected chi connectivity index (χ2v) is 9.00. The van der Waals surface area contributed by atoms with E-state index in [1.807, 2.05) is 0 Å². The first-order valence-corrected chi connectivity index (χ1v) is 10.0. The van der Waals surface area contributed by atoms with Crippen LogP contribution in [0.2, 0.25) is 5.02 Å². The van der Waals surface area contributed by atoms with Crippen LogP contribution in [0.5, 0.6) is 0 Å². The minimum absolute atomic E-state index is 0.0222. The summed E-state index contributed by atoms with van der Waals surface area (Å²) in [6.07, 6.45) is 1.02. The molecule has 0 aliphatic carbocycles. The first-order chi connectivity index (χ1) is 10.5. The maximum Gasteiger partial charge on any atom is 0.263 e. The number of nitrogens with one attached hydrogen (secondary N) is 1. The molecule has 0 heterocycles. The van der Waals surface area contributed by atoms with Gasteiger partial charge in [-0.25, -0.2) is 21.2 Å². The highest BCUT2D eigenvalue weighted by molar-refractivity contribution is 7.93. The van der Waals surface area contributed by atoms with Gasteiger partial charge < -0.3 is 0 Å². The number of benzene rings is 2. The summed E-state index contributed by atoms with van der Waals surface area (Å²) in [6.45, 7) is 1.62. The number of rotatable bonds is 4. The molecule has 0 atom stereocenters. The molecular formula is C14H13ClFNO4S2. The normalized spacial score (nSPS) is 12.2. The van der Waals surface area contributed by atoms with Crippen LogP contribution >= 0.6 is 11.6 Å². The van der Waals surface area contributed by atoms with E-state index in [9.17, 15) is 21.2 Å². The van der Waals surface area contributed by atoms with Gasteiger partial charge in [-0.15, -0.1) is 0 Å². The summed E-state index contributed by atoms with van der Waals surface area (Å²) < 4.78 is 63.2. The second-order valence-electron chi connectivity index (χ2n) is 4.93. The smallest absolute Gasteiger partial charge is 0.263 e. The molecule has 9 heteroatoms. The Labute approximate surface area is 139 Å². The van der Waals surface area contributed by atoms with E-state index in [0.717, 1.165) is 24.5 Å². The highest BCUT2D eigenvalue weighted by Crippen LogP contribution is 2.27. The van der Waals surface area contributed by atoms with Gasteiger partial charge in [-0.1, -0.05) is 17.7 Å². The third-order valence-electron chi connectivity index (χ3n) is 3.06. The molecule has 1 N–H and O–H groups in total. The van der Waals surface area contributed by atoms with Crippen LogP contribution in [0.3, 0.4) is 0 Å². The summed E-state index contributed by atoms with van der Waals surface area (Å²) in [5.74, 6) is -0.663. The summed E-state index contributed by atoms with van der Waals surface area (Å²) in [5.41, 5.74) is 0.632. The van der Waals surface area contributed by atoms with Crippen molar-refractivity contribution in [2.24, 2.45) is 0 Å². The molecule has 0 unspecified atom stereocenters. The lowest BCUT2D eigenvalue weighted by atomic mass is 10.2. The van der Waals surface area contributed by atoms with Gasteiger partial charge in [0.1, 0.15) is 10.7 Å². The second kappa shape index (κ2) is 6.10. The lowest BCUT2D eigenvalue weighted by Crippen LogP contribution is -2.15. The largest absolute Gasteiger partial charge is 0.279 e. The number of sulfone groups is 1. The number of hydrogen-bond acceptors (Lipinski definition) is 4. The molecule has 0 radical (unpaired) electrons. The molecule has 2 aromatic carbocycles. The molecule has 0 aromatic heterocycles. The third-order valence-corrected chi connectivity index (χ3v) is 6.02. The molecule has 2 rings (SSSR count). The van der Waals surface area contributed by atoms with Crippen molar-refractivity contribution in [3.63, 3.8) is 0 Å². The van der Waals surface area contributed by atoms with Crippen molar-refractivity contribution in [1.29, 1.82) is 0 Å². The van der Waals surface area contributed by atoms with Gasteiger partial charge in [0.25, 0.3) is 10.0 Å². The van der Waals surface area contributed by atoms with Gasteiger partial charge in [0, 0.05) is 6.26 Å². The van der Waals surface area contributed by atoms with Crippen molar-refractivity contribution in [3.8, 4) is 0 Å². The Bertz CT molecular complexity index is 972. The maximum atomic E-state index is 13.0. The van der Waals surface area contributed by atoms with Gasteiger partial charge in [0.15, 0.2) is 9.84 Å². The van der Waals surface area contributed by atoms with Crippen LogP contribution in [0, 0.1) is 12.7 Å². The van der Waals surface area contributed by atoms with Crippen molar-refractivity contribution in [1.82, 2.24) is 0 Å². The van der Waals surface area contributed by atoms with Gasteiger partial charge in [-0.2, -0.15) is 0 Å². The molecule has 23 heavy (non-hydrogen) atoms. The van der Waals surface area contributed by atoms with E-state index in [1.54, 1.807) is 6.92 Å². The monoisotopic (exact) mass is 377 g/mol. The van der Waals surface area contributed by atoms with Crippen molar-refractivity contribution in [3.05, 3.63) is 52.8 Å². The average Bonchev–Trinajstić information content (AvgIpc) is 2.39. The lowest BCUT2D eigenvalue weighted by molar-refractivity contribution is 0.598. The van der Waals surface area contributed by atoms with E-state index in [1.165, 1.54) is 18.2 Å². The fourth-order valence-corrected chi connectivity index (χ4v) is 4.14. The van der Waals surface area contributed by atoms with Crippen LogP contribution in [-0.2, 0) is 19.9 Å². The molecule has 0 aliphatic rings. The topological polar surface area (TPSA) is 80.3 Å². The highest BCUT2D eigenvalue weighted by Gasteiger charge is 2.20. The minimum Gasteiger partial charge on any atom is -0.279 e. The van der Waals surface area contributed by atoms with Crippen LogP contribution in [0.1, 0.15) is 5.56 Å². The van der Waals surface area contributed by atoms with E-state index >= 15 is 0 Å². The molecule has 0 spiro atoms. The van der Waals surface area contributed by atoms with Crippen molar-refractivity contribution >= 4 is 37.1 Å². The van der Waals surface area contributed by atoms with Gasteiger partial charge in [0.2, 0.25) is 0 Å². The predicted octanol–water partition coefficient (Wildman–Crippen LogP) is 2.99. The standard InChI is InChI=1S/C14H13ClFNO4S2/c1-9-3-5-11(22(2,18)19)8-13(9)17-23(20,21)14-6-4-10(16)7-12(14)15/h3-8,17H,1-2H3. The molecule has 0 bridgehead atoms. The van der Waals surface area contributed by atoms with Gasteiger partial charge in [-0.05, 0) is 42.8 Å². The van der Waals surface area contributed by atoms with Crippen LogP contribution < -0.4 is 4.72 Å². The Morgan fingerprint density at radius 1 is 1.04 bits per heavy atom. The Kier molecular flexibility index (Phi) is 4.70. The zero-order valence-corrected chi connectivity index (χ0v) is 14.6. The number of anilines is 1. The van der Waals surface area contributed by atoms with E-state index < -0.39 is 25.7 Å². The predicted molar refractivity (Wildman–Crippen MR) is 86.5 cm³/mol. The van der Waals surface area contributed by atoms with Gasteiger partial charge >= 0.3 is 0 Å². The summed E-state index contributed by atoms with van der Waals surface area (Å²) in [6, 6.07) is 6.99. The van der Waals surface area contributed by atoms with Gasteiger partial charge in [-0.3, -0.25) is 4.72 Å². The lowest BCUT2D eigenvalue weighted by Gasteiger charge is -2.13. The number of aryl methyl sites for hydroxylation is 1. The van der Waals surface area contributed by atoms with E-state index in [4.69, 9.17) is 11.6 Å². The van der Waals surface area contributed by atoms with Crippen LogP contribution in [0.4, 0.5) is 10.1 Å². The minimum atomic E-state index is -4.09. The van der Waals surface area contributed by atoms with Crippen molar-refractivity contribution in [2.75, 3.05) is 11.0 Å². The van der Waals surface area contributed by atoms with Gasteiger partial charge in [0.05, 0.1) is 15.6 Å². The highest BCUT2D eigenvalue weighted by atomic mass is 35.5. The number of sulfonamides is 1. The quantitative estimate of drug-likeness (QED) is 0.888. The summed E-state index contributed by atoms with van der Waals surface area (Å²) in [4.78, 5) is -0.323. The van der Waals surface area contributed by atoms with Crippen molar-refractivity contribution < 1.29 is 21.2 Å². The Hall–Kier alpha value is -1.64. The first kappa shape index (κ1) is 17.7. The van der Waals surface area contributed by atoms with Crippen LogP contribution in [0.15, 0.2) is 46.2 Å². The van der Waals surface area contributed by atoms with Crippen LogP contribution in [-0.4, -0.2) is 23.1 Å². The average molecular weight is 378 g/mol. The number of halogens is 2. The molecule has 0 amide bonds. The summed E-state index contributed by atoms with van der Waals surface area (Å²) in [5, 5.41) is -0.269. The molecule has 0 saturated carbocycles. The van der Waals surface area contributed by atoms with E-state index in [-0.39, 0.29) is 20.5 Å². The summed E-state index contributed by atoms with van der Waals surface area (Å²) in [7, 11) is -7.58. The molecule has 0 aliphatic heterocycles. The third kappa shape index (κ3) is 4.01. The zero-order chi connectivity index (χ0) is 17.4. The fraction of sp³-hybridized carbons (Fsp3) is 0.143. The van der Waals surface area contributed by atoms with E-state index in [2.05, 4.69) is 4.72 Å². The molecular weight excluding hydrogens is 365 g/mol. The Morgan fingerprint density at radius 2 is 1.70 bits per heavy atom. The summed E-state index contributed by atoms with van der Waals surface area (Å²) >= 11 is 5.77. The van der Waals surface area contributed by atoms with E-state index in [0.29, 0.717) is 5.56 Å². The Balaban J connectivity index is 2.49. The number of hydrogen-bond donors (Lipinski definition) is 1. The molecule has 124 valence electrons. The molecule has 0 saturated heterocycles. The first-order valence-electron chi connectivity index (χ1n) is 6.29.